The smallest absolute Gasteiger partial charge is 0.337 e. The highest BCUT2D eigenvalue weighted by Gasteiger charge is 2.16. The Kier molecular flexibility index (Phi) is 5.58. The van der Waals surface area contributed by atoms with E-state index in [9.17, 15) is 9.59 Å². The van der Waals surface area contributed by atoms with E-state index in [-0.39, 0.29) is 5.91 Å². The molecule has 0 aliphatic heterocycles. The van der Waals surface area contributed by atoms with Gasteiger partial charge in [0.2, 0.25) is 0 Å². The van der Waals surface area contributed by atoms with Crippen molar-refractivity contribution in [2.75, 3.05) is 12.4 Å². The van der Waals surface area contributed by atoms with E-state index < -0.39 is 12.1 Å². The van der Waals surface area contributed by atoms with Gasteiger partial charge in [0.15, 0.2) is 6.10 Å². The Morgan fingerprint density at radius 1 is 1.04 bits per heavy atom. The monoisotopic (exact) mass is 327 g/mol. The molecule has 126 valence electrons. The molecule has 5 heteroatoms. The number of hydrogen-bond acceptors (Lipinski definition) is 4. The molecule has 2 aromatic carbocycles. The number of aryl methyl sites for hydroxylation is 2. The number of hydrogen-bond donors (Lipinski definition) is 1. The van der Waals surface area contributed by atoms with Crippen molar-refractivity contribution in [3.8, 4) is 5.75 Å². The first-order valence-electron chi connectivity index (χ1n) is 7.63. The van der Waals surface area contributed by atoms with Crippen LogP contribution in [0.4, 0.5) is 5.69 Å². The van der Waals surface area contributed by atoms with Gasteiger partial charge < -0.3 is 14.8 Å². The summed E-state index contributed by atoms with van der Waals surface area (Å²) in [6, 6.07) is 12.4. The van der Waals surface area contributed by atoms with Crippen LogP contribution < -0.4 is 10.1 Å². The highest BCUT2D eigenvalue weighted by atomic mass is 16.5. The number of carbonyl (C=O) groups excluding carboxylic acids is 2. The number of amides is 1. The van der Waals surface area contributed by atoms with Gasteiger partial charge in [-0.3, -0.25) is 4.79 Å². The SMILES string of the molecule is COC(=O)c1cccc(NC(=O)C(C)Oc2cc(C)cc(C)c2)c1. The van der Waals surface area contributed by atoms with Crippen LogP contribution in [0.2, 0.25) is 0 Å². The summed E-state index contributed by atoms with van der Waals surface area (Å²) < 4.78 is 10.4. The van der Waals surface area contributed by atoms with E-state index >= 15 is 0 Å². The highest BCUT2D eigenvalue weighted by molar-refractivity contribution is 5.96. The molecule has 0 saturated heterocycles. The summed E-state index contributed by atoms with van der Waals surface area (Å²) in [6.45, 7) is 5.63. The first-order chi connectivity index (χ1) is 11.4. The third kappa shape index (κ3) is 4.59. The summed E-state index contributed by atoms with van der Waals surface area (Å²) >= 11 is 0. The van der Waals surface area contributed by atoms with Crippen LogP contribution in [0.25, 0.3) is 0 Å². The van der Waals surface area contributed by atoms with Gasteiger partial charge in [0.25, 0.3) is 5.91 Å². The Hall–Kier alpha value is -2.82. The molecule has 0 aromatic heterocycles. The second-order valence-corrected chi connectivity index (χ2v) is 5.65. The number of benzene rings is 2. The standard InChI is InChI=1S/C19H21NO4/c1-12-8-13(2)10-17(9-12)24-14(3)18(21)20-16-7-5-6-15(11-16)19(22)23-4/h5-11,14H,1-4H3,(H,20,21). The van der Waals surface area contributed by atoms with Crippen LogP contribution in [-0.2, 0) is 9.53 Å². The molecule has 0 spiro atoms. The third-order valence-electron chi connectivity index (χ3n) is 3.43. The lowest BCUT2D eigenvalue weighted by atomic mass is 10.1. The second-order valence-electron chi connectivity index (χ2n) is 5.65. The maximum absolute atomic E-state index is 12.3. The molecule has 0 aliphatic carbocycles. The predicted molar refractivity (Wildman–Crippen MR) is 92.4 cm³/mol. The minimum Gasteiger partial charge on any atom is -0.481 e. The van der Waals surface area contributed by atoms with Crippen LogP contribution in [0.5, 0.6) is 5.75 Å². The molecule has 0 saturated carbocycles. The fourth-order valence-electron chi connectivity index (χ4n) is 2.34. The van der Waals surface area contributed by atoms with Crippen molar-refractivity contribution >= 4 is 17.6 Å². The Morgan fingerprint density at radius 2 is 1.71 bits per heavy atom. The Labute approximate surface area is 141 Å². The van der Waals surface area contributed by atoms with Gasteiger partial charge in [-0.15, -0.1) is 0 Å². The number of carbonyl (C=O) groups is 2. The normalized spacial score (nSPS) is 11.5. The largest absolute Gasteiger partial charge is 0.481 e. The lowest BCUT2D eigenvalue weighted by Gasteiger charge is -2.16. The summed E-state index contributed by atoms with van der Waals surface area (Å²) in [4.78, 5) is 23.8. The lowest BCUT2D eigenvalue weighted by molar-refractivity contribution is -0.122. The molecular formula is C19H21NO4. The Balaban J connectivity index is 2.05. The van der Waals surface area contributed by atoms with Crippen LogP contribution >= 0.6 is 0 Å². The maximum atomic E-state index is 12.3. The molecule has 0 heterocycles. The summed E-state index contributed by atoms with van der Waals surface area (Å²) in [5, 5.41) is 2.74. The van der Waals surface area contributed by atoms with Gasteiger partial charge in [0.1, 0.15) is 5.75 Å². The number of ether oxygens (including phenoxy) is 2. The summed E-state index contributed by atoms with van der Waals surface area (Å²) in [6.07, 6.45) is -0.673. The van der Waals surface area contributed by atoms with Crippen molar-refractivity contribution in [2.24, 2.45) is 0 Å². The first kappa shape index (κ1) is 17.5. The number of rotatable bonds is 5. The zero-order valence-corrected chi connectivity index (χ0v) is 14.3. The summed E-state index contributed by atoms with van der Waals surface area (Å²) in [7, 11) is 1.31. The number of methoxy groups -OCH3 is 1. The molecule has 0 fully saturated rings. The van der Waals surface area contributed by atoms with E-state index in [0.717, 1.165) is 11.1 Å². The van der Waals surface area contributed by atoms with Crippen molar-refractivity contribution in [2.45, 2.75) is 26.9 Å². The number of anilines is 1. The van der Waals surface area contributed by atoms with E-state index in [1.54, 1.807) is 31.2 Å². The zero-order valence-electron chi connectivity index (χ0n) is 14.3. The van der Waals surface area contributed by atoms with Crippen molar-refractivity contribution in [3.05, 3.63) is 59.2 Å². The topological polar surface area (TPSA) is 64.6 Å². The zero-order chi connectivity index (χ0) is 17.7. The minimum absolute atomic E-state index is 0.295. The van der Waals surface area contributed by atoms with E-state index in [0.29, 0.717) is 17.0 Å². The molecule has 1 amide bonds. The van der Waals surface area contributed by atoms with E-state index in [4.69, 9.17) is 4.74 Å². The molecule has 5 nitrogen and oxygen atoms in total. The van der Waals surface area contributed by atoms with Gasteiger partial charge in [0, 0.05) is 5.69 Å². The minimum atomic E-state index is -0.673. The quantitative estimate of drug-likeness (QED) is 0.854. The van der Waals surface area contributed by atoms with E-state index in [1.807, 2.05) is 32.0 Å². The average Bonchev–Trinajstić information content (AvgIpc) is 2.53. The van der Waals surface area contributed by atoms with Crippen molar-refractivity contribution in [1.82, 2.24) is 0 Å². The Bertz CT molecular complexity index is 735. The van der Waals surface area contributed by atoms with E-state index in [2.05, 4.69) is 10.1 Å². The van der Waals surface area contributed by atoms with Crippen LogP contribution in [0, 0.1) is 13.8 Å². The number of esters is 1. The molecule has 0 bridgehead atoms. The van der Waals surface area contributed by atoms with Gasteiger partial charge >= 0.3 is 5.97 Å². The van der Waals surface area contributed by atoms with Gasteiger partial charge in [-0.05, 0) is 62.2 Å². The van der Waals surface area contributed by atoms with Gasteiger partial charge in [-0.25, -0.2) is 4.79 Å². The fraction of sp³-hybridized carbons (Fsp3) is 0.263. The van der Waals surface area contributed by atoms with Crippen LogP contribution in [-0.4, -0.2) is 25.1 Å². The summed E-state index contributed by atoms with van der Waals surface area (Å²) in [5.41, 5.74) is 3.03. The van der Waals surface area contributed by atoms with Crippen LogP contribution in [0.3, 0.4) is 0 Å². The number of nitrogens with one attached hydrogen (secondary N) is 1. The molecule has 0 aliphatic rings. The van der Waals surface area contributed by atoms with E-state index in [1.165, 1.54) is 7.11 Å². The van der Waals surface area contributed by atoms with Crippen molar-refractivity contribution in [3.63, 3.8) is 0 Å². The van der Waals surface area contributed by atoms with Crippen LogP contribution in [0.15, 0.2) is 42.5 Å². The third-order valence-corrected chi connectivity index (χ3v) is 3.43. The highest BCUT2D eigenvalue weighted by Crippen LogP contribution is 2.18. The maximum Gasteiger partial charge on any atom is 0.337 e. The molecule has 1 atom stereocenters. The molecule has 1 unspecified atom stereocenters. The predicted octanol–water partition coefficient (Wildman–Crippen LogP) is 3.50. The van der Waals surface area contributed by atoms with Gasteiger partial charge in [-0.2, -0.15) is 0 Å². The molecular weight excluding hydrogens is 306 g/mol. The Morgan fingerprint density at radius 3 is 2.33 bits per heavy atom. The van der Waals surface area contributed by atoms with Crippen molar-refractivity contribution < 1.29 is 19.1 Å². The second kappa shape index (κ2) is 7.64. The van der Waals surface area contributed by atoms with Crippen molar-refractivity contribution in [1.29, 1.82) is 0 Å². The van der Waals surface area contributed by atoms with Crippen LogP contribution in [0.1, 0.15) is 28.4 Å². The molecule has 0 radical (unpaired) electrons. The van der Waals surface area contributed by atoms with Gasteiger partial charge in [-0.1, -0.05) is 12.1 Å². The van der Waals surface area contributed by atoms with Gasteiger partial charge in [0.05, 0.1) is 12.7 Å². The fourth-order valence-corrected chi connectivity index (χ4v) is 2.34. The molecule has 2 rings (SSSR count). The molecule has 2 aromatic rings. The summed E-state index contributed by atoms with van der Waals surface area (Å²) in [5.74, 6) is -0.0970. The lowest BCUT2D eigenvalue weighted by Crippen LogP contribution is -2.30. The molecule has 24 heavy (non-hydrogen) atoms. The molecule has 1 N–H and O–H groups in total. The first-order valence-corrected chi connectivity index (χ1v) is 7.63. The average molecular weight is 327 g/mol.